The first-order valence-corrected chi connectivity index (χ1v) is 6.01. The van der Waals surface area contributed by atoms with E-state index in [1.54, 1.807) is 6.07 Å². The molecule has 0 spiro atoms. The van der Waals surface area contributed by atoms with E-state index >= 15 is 0 Å². The summed E-state index contributed by atoms with van der Waals surface area (Å²) in [5.41, 5.74) is -0.732. The quantitative estimate of drug-likeness (QED) is 0.640. The molecule has 0 bridgehead atoms. The standard InChI is InChI=1S/C12H5F2N3O2S/c13-8-2-1-7(5-9(8)14)20-12-4-3-11(17(18)19)10(6-15)16-12/h1-5H. The molecule has 2 rings (SSSR count). The number of hydrogen-bond donors (Lipinski definition) is 0. The van der Waals surface area contributed by atoms with E-state index in [2.05, 4.69) is 4.98 Å². The number of nitrogens with zero attached hydrogens (tertiary/aromatic N) is 3. The van der Waals surface area contributed by atoms with Crippen LogP contribution in [-0.2, 0) is 0 Å². The van der Waals surface area contributed by atoms with Crippen molar-refractivity contribution in [2.75, 3.05) is 0 Å². The summed E-state index contributed by atoms with van der Waals surface area (Å²) < 4.78 is 25.8. The number of halogens is 2. The summed E-state index contributed by atoms with van der Waals surface area (Å²) in [5, 5.41) is 19.7. The molecule has 1 aromatic carbocycles. The Balaban J connectivity index is 2.32. The van der Waals surface area contributed by atoms with Crippen LogP contribution in [0, 0.1) is 33.1 Å². The van der Waals surface area contributed by atoms with Gasteiger partial charge < -0.3 is 0 Å². The van der Waals surface area contributed by atoms with Gasteiger partial charge in [0.2, 0.25) is 5.69 Å². The molecule has 1 heterocycles. The fraction of sp³-hybridized carbons (Fsp3) is 0. The zero-order valence-electron chi connectivity index (χ0n) is 9.71. The van der Waals surface area contributed by atoms with Crippen LogP contribution in [0.3, 0.4) is 0 Å². The average molecular weight is 293 g/mol. The van der Waals surface area contributed by atoms with Crippen LogP contribution in [0.4, 0.5) is 14.5 Å². The second-order valence-electron chi connectivity index (χ2n) is 3.56. The molecule has 0 atom stereocenters. The van der Waals surface area contributed by atoms with E-state index in [-0.39, 0.29) is 10.7 Å². The second kappa shape index (κ2) is 5.63. The first kappa shape index (κ1) is 13.9. The van der Waals surface area contributed by atoms with E-state index in [1.807, 2.05) is 0 Å². The number of pyridine rings is 1. The lowest BCUT2D eigenvalue weighted by atomic mass is 10.3. The summed E-state index contributed by atoms with van der Waals surface area (Å²) >= 11 is 0.969. The van der Waals surface area contributed by atoms with Crippen molar-refractivity contribution >= 4 is 17.4 Å². The third kappa shape index (κ3) is 2.89. The highest BCUT2D eigenvalue weighted by molar-refractivity contribution is 7.99. The van der Waals surface area contributed by atoms with Gasteiger partial charge in [-0.1, -0.05) is 11.8 Å². The minimum absolute atomic E-state index is 0.276. The van der Waals surface area contributed by atoms with Crippen LogP contribution in [0.5, 0.6) is 0 Å². The Labute approximate surface area is 116 Å². The van der Waals surface area contributed by atoms with Gasteiger partial charge in [0.25, 0.3) is 0 Å². The van der Waals surface area contributed by atoms with Crippen molar-refractivity contribution in [1.29, 1.82) is 5.26 Å². The minimum Gasteiger partial charge on any atom is -0.258 e. The Bertz CT molecular complexity index is 731. The zero-order chi connectivity index (χ0) is 14.7. The Hall–Kier alpha value is -2.53. The maximum absolute atomic E-state index is 13.0. The van der Waals surface area contributed by atoms with Gasteiger partial charge in [-0.2, -0.15) is 5.26 Å². The molecular formula is C12H5F2N3O2S. The number of aromatic nitrogens is 1. The van der Waals surface area contributed by atoms with E-state index in [1.165, 1.54) is 12.1 Å². The third-order valence-electron chi connectivity index (χ3n) is 2.26. The second-order valence-corrected chi connectivity index (χ2v) is 4.66. The maximum Gasteiger partial charge on any atom is 0.305 e. The van der Waals surface area contributed by atoms with Crippen molar-refractivity contribution in [3.63, 3.8) is 0 Å². The molecule has 100 valence electrons. The van der Waals surface area contributed by atoms with Crippen molar-refractivity contribution in [3.8, 4) is 6.07 Å². The Morgan fingerprint density at radius 2 is 2.00 bits per heavy atom. The molecule has 0 amide bonds. The maximum atomic E-state index is 13.0. The van der Waals surface area contributed by atoms with Crippen LogP contribution in [0.1, 0.15) is 5.69 Å². The first-order valence-electron chi connectivity index (χ1n) is 5.19. The molecule has 20 heavy (non-hydrogen) atoms. The average Bonchev–Trinajstić information content (AvgIpc) is 2.42. The van der Waals surface area contributed by atoms with Crippen molar-refractivity contribution in [2.45, 2.75) is 9.92 Å². The summed E-state index contributed by atoms with van der Waals surface area (Å²) in [4.78, 5) is 14.1. The molecule has 0 saturated carbocycles. The number of benzene rings is 1. The molecule has 5 nitrogen and oxygen atoms in total. The van der Waals surface area contributed by atoms with E-state index < -0.39 is 22.2 Å². The lowest BCUT2D eigenvalue weighted by Crippen LogP contribution is -1.96. The summed E-state index contributed by atoms with van der Waals surface area (Å²) in [7, 11) is 0. The summed E-state index contributed by atoms with van der Waals surface area (Å²) in [6.45, 7) is 0. The number of nitro groups is 1. The van der Waals surface area contributed by atoms with Gasteiger partial charge in [0, 0.05) is 11.0 Å². The van der Waals surface area contributed by atoms with Gasteiger partial charge in [-0.25, -0.2) is 13.8 Å². The van der Waals surface area contributed by atoms with Gasteiger partial charge in [0.1, 0.15) is 11.1 Å². The molecule has 0 radical (unpaired) electrons. The number of rotatable bonds is 3. The highest BCUT2D eigenvalue weighted by Gasteiger charge is 2.16. The van der Waals surface area contributed by atoms with Gasteiger partial charge in [0.15, 0.2) is 11.6 Å². The van der Waals surface area contributed by atoms with Crippen molar-refractivity contribution < 1.29 is 13.7 Å². The van der Waals surface area contributed by atoms with Gasteiger partial charge in [-0.3, -0.25) is 10.1 Å². The molecule has 2 aromatic rings. The summed E-state index contributed by atoms with van der Waals surface area (Å²) in [6, 6.07) is 7.40. The molecule has 0 fully saturated rings. The lowest BCUT2D eigenvalue weighted by molar-refractivity contribution is -0.385. The zero-order valence-corrected chi connectivity index (χ0v) is 10.5. The molecule has 1 aromatic heterocycles. The fourth-order valence-electron chi connectivity index (χ4n) is 1.38. The van der Waals surface area contributed by atoms with E-state index in [4.69, 9.17) is 5.26 Å². The highest BCUT2D eigenvalue weighted by Crippen LogP contribution is 2.29. The van der Waals surface area contributed by atoms with E-state index in [0.717, 1.165) is 30.0 Å². The fourth-order valence-corrected chi connectivity index (χ4v) is 2.19. The predicted octanol–water partition coefficient (Wildman–Crippen LogP) is 3.29. The Morgan fingerprint density at radius 1 is 1.25 bits per heavy atom. The van der Waals surface area contributed by atoms with Crippen molar-refractivity contribution in [1.82, 2.24) is 4.98 Å². The highest BCUT2D eigenvalue weighted by atomic mass is 32.2. The molecule has 0 unspecified atom stereocenters. The predicted molar refractivity (Wildman–Crippen MR) is 66.1 cm³/mol. The van der Waals surface area contributed by atoms with Crippen LogP contribution < -0.4 is 0 Å². The van der Waals surface area contributed by atoms with Crippen LogP contribution >= 0.6 is 11.8 Å². The van der Waals surface area contributed by atoms with Gasteiger partial charge in [0.05, 0.1) is 4.92 Å². The van der Waals surface area contributed by atoms with Crippen molar-refractivity contribution in [3.05, 3.63) is 57.8 Å². The lowest BCUT2D eigenvalue weighted by Gasteiger charge is -2.02. The summed E-state index contributed by atoms with van der Waals surface area (Å²) in [6.07, 6.45) is 0. The minimum atomic E-state index is -1.00. The molecule has 0 aliphatic carbocycles. The van der Waals surface area contributed by atoms with Gasteiger partial charge in [-0.15, -0.1) is 0 Å². The van der Waals surface area contributed by atoms with Gasteiger partial charge in [-0.05, 0) is 24.3 Å². The molecule has 0 aliphatic rings. The summed E-state index contributed by atoms with van der Waals surface area (Å²) in [5.74, 6) is -1.97. The van der Waals surface area contributed by atoms with E-state index in [0.29, 0.717) is 4.90 Å². The van der Waals surface area contributed by atoms with E-state index in [9.17, 15) is 18.9 Å². The normalized spacial score (nSPS) is 10.1. The van der Waals surface area contributed by atoms with Crippen LogP contribution in [0.15, 0.2) is 40.3 Å². The van der Waals surface area contributed by atoms with Crippen LogP contribution in [0.25, 0.3) is 0 Å². The molecule has 0 N–H and O–H groups in total. The largest absolute Gasteiger partial charge is 0.305 e. The molecule has 8 heteroatoms. The molecule has 0 saturated heterocycles. The van der Waals surface area contributed by atoms with Crippen LogP contribution in [0.2, 0.25) is 0 Å². The Kier molecular flexibility index (Phi) is 3.91. The topological polar surface area (TPSA) is 79.8 Å². The monoisotopic (exact) mass is 293 g/mol. The van der Waals surface area contributed by atoms with Crippen LogP contribution in [-0.4, -0.2) is 9.91 Å². The first-order chi connectivity index (χ1) is 9.51. The smallest absolute Gasteiger partial charge is 0.258 e. The third-order valence-corrected chi connectivity index (χ3v) is 3.19. The van der Waals surface area contributed by atoms with Gasteiger partial charge >= 0.3 is 5.69 Å². The molecule has 0 aliphatic heterocycles. The Morgan fingerprint density at radius 3 is 2.60 bits per heavy atom. The SMILES string of the molecule is N#Cc1nc(Sc2ccc(F)c(F)c2)ccc1[N+](=O)[O-]. The number of hydrogen-bond acceptors (Lipinski definition) is 5. The molecular weight excluding hydrogens is 288 g/mol. The van der Waals surface area contributed by atoms with Crippen molar-refractivity contribution in [2.24, 2.45) is 0 Å². The number of nitriles is 1.